The van der Waals surface area contributed by atoms with Crippen LogP contribution in [-0.2, 0) is 4.79 Å². The molecule has 0 aliphatic carbocycles. The first-order chi connectivity index (χ1) is 5.96. The van der Waals surface area contributed by atoms with E-state index < -0.39 is 11.5 Å². The lowest BCUT2D eigenvalue weighted by Crippen LogP contribution is -2.53. The molecule has 0 spiro atoms. The quantitative estimate of drug-likeness (QED) is 0.622. The molecule has 0 aromatic rings. The molecule has 1 aliphatic heterocycles. The van der Waals surface area contributed by atoms with E-state index in [0.29, 0.717) is 18.9 Å². The monoisotopic (exact) mass is 186 g/mol. The van der Waals surface area contributed by atoms with Crippen LogP contribution in [0, 0.1) is 0 Å². The van der Waals surface area contributed by atoms with Gasteiger partial charge in [-0.05, 0) is 26.7 Å². The van der Waals surface area contributed by atoms with Crippen LogP contribution in [0.4, 0.5) is 0 Å². The third-order valence-corrected chi connectivity index (χ3v) is 2.81. The fraction of sp³-hybridized carbons (Fsp3) is 0.889. The second-order valence-electron chi connectivity index (χ2n) is 4.03. The van der Waals surface area contributed by atoms with Gasteiger partial charge in [-0.2, -0.15) is 0 Å². The van der Waals surface area contributed by atoms with Gasteiger partial charge in [0.2, 0.25) is 5.91 Å². The van der Waals surface area contributed by atoms with E-state index in [4.69, 9.17) is 5.73 Å². The molecule has 1 rings (SSSR count). The Balaban J connectivity index is 2.51. The molecular formula is C9H18N2O2. The minimum Gasteiger partial charge on any atom is -0.380 e. The van der Waals surface area contributed by atoms with Gasteiger partial charge in [-0.1, -0.05) is 0 Å². The standard InChI is InChI=1S/C9H18N2O2/c1-7(2)11-5-3-9(13,4-6-11)8(10)12/h7,13H,3-6H2,1-2H3,(H2,10,12). The number of piperidine rings is 1. The lowest BCUT2D eigenvalue weighted by molar-refractivity contribution is -0.141. The van der Waals surface area contributed by atoms with Crippen molar-refractivity contribution in [3.63, 3.8) is 0 Å². The molecule has 76 valence electrons. The van der Waals surface area contributed by atoms with E-state index in [1.165, 1.54) is 0 Å². The highest BCUT2D eigenvalue weighted by atomic mass is 16.3. The van der Waals surface area contributed by atoms with Gasteiger partial charge in [-0.25, -0.2) is 0 Å². The molecule has 4 nitrogen and oxygen atoms in total. The molecule has 4 heteroatoms. The zero-order valence-corrected chi connectivity index (χ0v) is 8.29. The second kappa shape index (κ2) is 3.64. The number of amides is 1. The Kier molecular flexibility index (Phi) is 2.93. The van der Waals surface area contributed by atoms with Gasteiger partial charge in [-0.3, -0.25) is 4.79 Å². The van der Waals surface area contributed by atoms with Gasteiger partial charge < -0.3 is 15.7 Å². The zero-order chi connectivity index (χ0) is 10.1. The van der Waals surface area contributed by atoms with Crippen LogP contribution in [-0.4, -0.2) is 40.6 Å². The van der Waals surface area contributed by atoms with Crippen LogP contribution >= 0.6 is 0 Å². The Hall–Kier alpha value is -0.610. The molecule has 1 saturated heterocycles. The number of hydrogen-bond acceptors (Lipinski definition) is 3. The van der Waals surface area contributed by atoms with Crippen LogP contribution in [0.3, 0.4) is 0 Å². The summed E-state index contributed by atoms with van der Waals surface area (Å²) in [5.41, 5.74) is 3.86. The molecule has 1 amide bonds. The first kappa shape index (κ1) is 10.5. The van der Waals surface area contributed by atoms with Crippen LogP contribution in [0.1, 0.15) is 26.7 Å². The van der Waals surface area contributed by atoms with Crippen molar-refractivity contribution in [3.05, 3.63) is 0 Å². The third kappa shape index (κ3) is 2.19. The topological polar surface area (TPSA) is 66.6 Å². The summed E-state index contributed by atoms with van der Waals surface area (Å²) in [5.74, 6) is -0.587. The van der Waals surface area contributed by atoms with E-state index in [1.807, 2.05) is 0 Å². The summed E-state index contributed by atoms with van der Waals surface area (Å²) < 4.78 is 0. The van der Waals surface area contributed by atoms with Crippen molar-refractivity contribution in [2.45, 2.75) is 38.3 Å². The summed E-state index contributed by atoms with van der Waals surface area (Å²) >= 11 is 0. The fourth-order valence-electron chi connectivity index (χ4n) is 1.66. The number of nitrogens with two attached hydrogens (primary N) is 1. The lowest BCUT2D eigenvalue weighted by Gasteiger charge is -2.38. The molecule has 0 aromatic carbocycles. The highest BCUT2D eigenvalue weighted by molar-refractivity contribution is 5.83. The van der Waals surface area contributed by atoms with Gasteiger partial charge in [0.05, 0.1) is 0 Å². The van der Waals surface area contributed by atoms with E-state index in [0.717, 1.165) is 13.1 Å². The van der Waals surface area contributed by atoms with E-state index in [2.05, 4.69) is 18.7 Å². The number of primary amides is 1. The molecule has 0 atom stereocenters. The highest BCUT2D eigenvalue weighted by Gasteiger charge is 2.37. The van der Waals surface area contributed by atoms with Gasteiger partial charge in [0.15, 0.2) is 0 Å². The highest BCUT2D eigenvalue weighted by Crippen LogP contribution is 2.22. The molecule has 1 heterocycles. The van der Waals surface area contributed by atoms with Gasteiger partial charge in [-0.15, -0.1) is 0 Å². The molecule has 0 saturated carbocycles. The van der Waals surface area contributed by atoms with Crippen LogP contribution in [0.5, 0.6) is 0 Å². The minimum absolute atomic E-state index is 0.459. The number of rotatable bonds is 2. The van der Waals surface area contributed by atoms with Crippen molar-refractivity contribution in [1.82, 2.24) is 4.90 Å². The summed E-state index contributed by atoms with van der Waals surface area (Å²) in [7, 11) is 0. The van der Waals surface area contributed by atoms with E-state index >= 15 is 0 Å². The minimum atomic E-state index is -1.26. The summed E-state index contributed by atoms with van der Waals surface area (Å²) in [5, 5.41) is 9.75. The van der Waals surface area contributed by atoms with Crippen molar-refractivity contribution < 1.29 is 9.90 Å². The number of carbonyl (C=O) groups excluding carboxylic acids is 1. The van der Waals surface area contributed by atoms with Crippen LogP contribution in [0.25, 0.3) is 0 Å². The molecule has 3 N–H and O–H groups in total. The van der Waals surface area contributed by atoms with E-state index in [-0.39, 0.29) is 0 Å². The fourth-order valence-corrected chi connectivity index (χ4v) is 1.66. The van der Waals surface area contributed by atoms with E-state index in [1.54, 1.807) is 0 Å². The lowest BCUT2D eigenvalue weighted by atomic mass is 9.90. The molecular weight excluding hydrogens is 168 g/mol. The van der Waals surface area contributed by atoms with Crippen LogP contribution < -0.4 is 5.73 Å². The van der Waals surface area contributed by atoms with Crippen molar-refractivity contribution in [1.29, 1.82) is 0 Å². The average molecular weight is 186 g/mol. The normalized spacial score (nSPS) is 23.4. The van der Waals surface area contributed by atoms with Crippen molar-refractivity contribution in [2.75, 3.05) is 13.1 Å². The van der Waals surface area contributed by atoms with Gasteiger partial charge in [0, 0.05) is 19.1 Å². The largest absolute Gasteiger partial charge is 0.380 e. The van der Waals surface area contributed by atoms with E-state index in [9.17, 15) is 9.90 Å². The molecule has 1 aliphatic rings. The molecule has 0 unspecified atom stereocenters. The first-order valence-electron chi connectivity index (χ1n) is 4.72. The van der Waals surface area contributed by atoms with Gasteiger partial charge >= 0.3 is 0 Å². The second-order valence-corrected chi connectivity index (χ2v) is 4.03. The summed E-state index contributed by atoms with van der Waals surface area (Å²) in [4.78, 5) is 13.1. The molecule has 0 aromatic heterocycles. The molecule has 1 fully saturated rings. The SMILES string of the molecule is CC(C)N1CCC(O)(C(N)=O)CC1. The average Bonchev–Trinajstić information content (AvgIpc) is 2.04. The molecule has 0 bridgehead atoms. The Morgan fingerprint density at radius 3 is 2.23 bits per heavy atom. The number of nitrogens with zero attached hydrogens (tertiary/aromatic N) is 1. The maximum absolute atomic E-state index is 10.9. The van der Waals surface area contributed by atoms with Gasteiger partial charge in [0.1, 0.15) is 5.60 Å². The Labute approximate surface area is 78.7 Å². The Morgan fingerprint density at radius 1 is 1.46 bits per heavy atom. The Morgan fingerprint density at radius 2 is 1.92 bits per heavy atom. The smallest absolute Gasteiger partial charge is 0.249 e. The van der Waals surface area contributed by atoms with Gasteiger partial charge in [0.25, 0.3) is 0 Å². The third-order valence-electron chi connectivity index (χ3n) is 2.81. The number of likely N-dealkylation sites (tertiary alicyclic amines) is 1. The van der Waals surface area contributed by atoms with Crippen molar-refractivity contribution >= 4 is 5.91 Å². The van der Waals surface area contributed by atoms with Crippen molar-refractivity contribution in [2.24, 2.45) is 5.73 Å². The Bertz CT molecular complexity index is 196. The summed E-state index contributed by atoms with van der Waals surface area (Å²) in [6, 6.07) is 0.470. The van der Waals surface area contributed by atoms with Crippen molar-refractivity contribution in [3.8, 4) is 0 Å². The zero-order valence-electron chi connectivity index (χ0n) is 8.29. The van der Waals surface area contributed by atoms with Crippen LogP contribution in [0.15, 0.2) is 0 Å². The number of hydrogen-bond donors (Lipinski definition) is 2. The number of aliphatic hydroxyl groups is 1. The summed E-state index contributed by atoms with van der Waals surface area (Å²) in [6.45, 7) is 5.71. The molecule has 13 heavy (non-hydrogen) atoms. The molecule has 0 radical (unpaired) electrons. The predicted molar refractivity (Wildman–Crippen MR) is 50.1 cm³/mol. The number of carbonyl (C=O) groups is 1. The van der Waals surface area contributed by atoms with Crippen LogP contribution in [0.2, 0.25) is 0 Å². The maximum atomic E-state index is 10.9. The summed E-state index contributed by atoms with van der Waals surface area (Å²) in [6.07, 6.45) is 0.918. The predicted octanol–water partition coefficient (Wildman–Crippen LogP) is -0.293. The maximum Gasteiger partial charge on any atom is 0.249 e. The first-order valence-corrected chi connectivity index (χ1v) is 4.72.